The lowest BCUT2D eigenvalue weighted by atomic mass is 10.1. The monoisotopic (exact) mass is 270 g/mol. The van der Waals surface area contributed by atoms with E-state index in [0.717, 1.165) is 43.1 Å². The molecule has 1 aromatic carbocycles. The Bertz CT molecular complexity index is 620. The van der Waals surface area contributed by atoms with Crippen molar-refractivity contribution in [2.24, 2.45) is 11.7 Å². The first kappa shape index (κ1) is 13.2. The standard InChI is InChI=1S/C16H22N4/c1-2-13(17)9-16-19-14-5-3-4-6-15(14)20(16)11-12-7-8-18-10-12/h3-6,9,12,18H,2,7-8,10-11,17H2,1H3. The van der Waals surface area contributed by atoms with Crippen molar-refractivity contribution in [1.82, 2.24) is 14.9 Å². The molecular formula is C16H22N4. The summed E-state index contributed by atoms with van der Waals surface area (Å²) in [4.78, 5) is 4.73. The first-order chi connectivity index (χ1) is 9.78. The van der Waals surface area contributed by atoms with E-state index in [2.05, 4.69) is 35.0 Å². The number of para-hydroxylation sites is 2. The highest BCUT2D eigenvalue weighted by atomic mass is 15.1. The van der Waals surface area contributed by atoms with Gasteiger partial charge in [-0.2, -0.15) is 0 Å². The van der Waals surface area contributed by atoms with Crippen molar-refractivity contribution < 1.29 is 0 Å². The van der Waals surface area contributed by atoms with E-state index in [1.807, 2.05) is 12.1 Å². The Morgan fingerprint density at radius 1 is 1.50 bits per heavy atom. The van der Waals surface area contributed by atoms with E-state index >= 15 is 0 Å². The molecule has 0 aliphatic carbocycles. The van der Waals surface area contributed by atoms with Crippen molar-refractivity contribution in [2.45, 2.75) is 26.3 Å². The van der Waals surface area contributed by atoms with E-state index in [1.54, 1.807) is 0 Å². The average Bonchev–Trinajstić information content (AvgIpc) is 3.08. The minimum atomic E-state index is 0.683. The third-order valence-electron chi connectivity index (χ3n) is 4.01. The summed E-state index contributed by atoms with van der Waals surface area (Å²) in [6.07, 6.45) is 4.11. The molecule has 0 radical (unpaired) electrons. The van der Waals surface area contributed by atoms with Crippen LogP contribution in [0.15, 0.2) is 30.0 Å². The zero-order chi connectivity index (χ0) is 13.9. The summed E-state index contributed by atoms with van der Waals surface area (Å²) in [7, 11) is 0. The summed E-state index contributed by atoms with van der Waals surface area (Å²) >= 11 is 0. The van der Waals surface area contributed by atoms with Crippen LogP contribution < -0.4 is 11.1 Å². The third kappa shape index (κ3) is 2.56. The van der Waals surface area contributed by atoms with Gasteiger partial charge in [0.1, 0.15) is 5.82 Å². The third-order valence-corrected chi connectivity index (χ3v) is 4.01. The summed E-state index contributed by atoms with van der Waals surface area (Å²) in [6, 6.07) is 8.32. The van der Waals surface area contributed by atoms with Crippen molar-refractivity contribution in [2.75, 3.05) is 13.1 Å². The van der Waals surface area contributed by atoms with Gasteiger partial charge in [0.2, 0.25) is 0 Å². The summed E-state index contributed by atoms with van der Waals surface area (Å²) in [6.45, 7) is 5.30. The van der Waals surface area contributed by atoms with Gasteiger partial charge in [-0.3, -0.25) is 0 Å². The highest BCUT2D eigenvalue weighted by Gasteiger charge is 2.18. The number of benzene rings is 1. The van der Waals surface area contributed by atoms with Crippen LogP contribution in [0.5, 0.6) is 0 Å². The van der Waals surface area contributed by atoms with Gasteiger partial charge >= 0.3 is 0 Å². The molecule has 3 N–H and O–H groups in total. The van der Waals surface area contributed by atoms with E-state index in [-0.39, 0.29) is 0 Å². The topological polar surface area (TPSA) is 55.9 Å². The van der Waals surface area contributed by atoms with Gasteiger partial charge in [-0.25, -0.2) is 4.98 Å². The zero-order valence-corrected chi connectivity index (χ0v) is 12.0. The number of nitrogens with one attached hydrogen (secondary N) is 1. The number of hydrogen-bond acceptors (Lipinski definition) is 3. The highest BCUT2D eigenvalue weighted by molar-refractivity contribution is 5.78. The van der Waals surface area contributed by atoms with Crippen LogP contribution in [0.4, 0.5) is 0 Å². The van der Waals surface area contributed by atoms with E-state index in [0.29, 0.717) is 5.92 Å². The van der Waals surface area contributed by atoms with E-state index in [1.165, 1.54) is 11.9 Å². The lowest BCUT2D eigenvalue weighted by Crippen LogP contribution is -2.15. The maximum absolute atomic E-state index is 6.00. The minimum absolute atomic E-state index is 0.683. The smallest absolute Gasteiger partial charge is 0.135 e. The van der Waals surface area contributed by atoms with Crippen LogP contribution in [0.2, 0.25) is 0 Å². The fourth-order valence-electron chi connectivity index (χ4n) is 2.79. The molecule has 1 fully saturated rings. The molecule has 1 aromatic heterocycles. The van der Waals surface area contributed by atoms with Gasteiger partial charge < -0.3 is 15.6 Å². The Labute approximate surface area is 119 Å². The van der Waals surface area contributed by atoms with Gasteiger partial charge in [-0.1, -0.05) is 19.1 Å². The SMILES string of the molecule is CCC(N)=Cc1nc2ccccc2n1CC1CCNC1. The Morgan fingerprint density at radius 2 is 2.35 bits per heavy atom. The van der Waals surface area contributed by atoms with Crippen LogP contribution in [-0.2, 0) is 6.54 Å². The van der Waals surface area contributed by atoms with Crippen molar-refractivity contribution in [3.05, 3.63) is 35.8 Å². The molecule has 0 bridgehead atoms. The number of fused-ring (bicyclic) bond motifs is 1. The Kier molecular flexibility index (Phi) is 3.74. The maximum Gasteiger partial charge on any atom is 0.135 e. The van der Waals surface area contributed by atoms with Gasteiger partial charge in [0, 0.05) is 12.2 Å². The van der Waals surface area contributed by atoms with Crippen LogP contribution in [-0.4, -0.2) is 22.6 Å². The molecule has 1 aliphatic heterocycles. The molecule has 2 aromatic rings. The maximum atomic E-state index is 6.00. The average molecular weight is 270 g/mol. The number of imidazole rings is 1. The first-order valence-corrected chi connectivity index (χ1v) is 7.40. The molecule has 3 rings (SSSR count). The van der Waals surface area contributed by atoms with Gasteiger partial charge in [-0.05, 0) is 50.1 Å². The van der Waals surface area contributed by atoms with E-state index < -0.39 is 0 Å². The number of aromatic nitrogens is 2. The largest absolute Gasteiger partial charge is 0.402 e. The molecular weight excluding hydrogens is 248 g/mol. The summed E-state index contributed by atoms with van der Waals surface area (Å²) in [5.41, 5.74) is 9.13. The Balaban J connectivity index is 2.02. The minimum Gasteiger partial charge on any atom is -0.402 e. The van der Waals surface area contributed by atoms with Crippen molar-refractivity contribution in [3.8, 4) is 0 Å². The molecule has 106 valence electrons. The molecule has 20 heavy (non-hydrogen) atoms. The first-order valence-electron chi connectivity index (χ1n) is 7.40. The number of hydrogen-bond donors (Lipinski definition) is 2. The highest BCUT2D eigenvalue weighted by Crippen LogP contribution is 2.21. The summed E-state index contributed by atoms with van der Waals surface area (Å²) in [5, 5.41) is 3.43. The van der Waals surface area contributed by atoms with Crippen LogP contribution in [0.25, 0.3) is 17.1 Å². The lowest BCUT2D eigenvalue weighted by Gasteiger charge is -2.12. The van der Waals surface area contributed by atoms with Crippen molar-refractivity contribution in [1.29, 1.82) is 0 Å². The van der Waals surface area contributed by atoms with Gasteiger partial charge in [0.25, 0.3) is 0 Å². The Morgan fingerprint density at radius 3 is 3.10 bits per heavy atom. The zero-order valence-electron chi connectivity index (χ0n) is 12.0. The molecule has 1 saturated heterocycles. The number of rotatable bonds is 4. The molecule has 1 unspecified atom stereocenters. The molecule has 1 atom stereocenters. The quantitative estimate of drug-likeness (QED) is 0.896. The van der Waals surface area contributed by atoms with Gasteiger partial charge in [0.15, 0.2) is 0 Å². The van der Waals surface area contributed by atoms with E-state index in [9.17, 15) is 0 Å². The van der Waals surface area contributed by atoms with Gasteiger partial charge in [0.05, 0.1) is 11.0 Å². The lowest BCUT2D eigenvalue weighted by molar-refractivity contribution is 0.487. The second kappa shape index (κ2) is 5.67. The molecule has 1 aliphatic rings. The molecule has 2 heterocycles. The Hall–Kier alpha value is -1.81. The second-order valence-corrected chi connectivity index (χ2v) is 5.50. The fourth-order valence-corrected chi connectivity index (χ4v) is 2.79. The van der Waals surface area contributed by atoms with Crippen molar-refractivity contribution in [3.63, 3.8) is 0 Å². The van der Waals surface area contributed by atoms with Gasteiger partial charge in [-0.15, -0.1) is 0 Å². The van der Waals surface area contributed by atoms with Crippen LogP contribution in [0.3, 0.4) is 0 Å². The van der Waals surface area contributed by atoms with Crippen molar-refractivity contribution >= 4 is 17.1 Å². The molecule has 0 saturated carbocycles. The predicted molar refractivity (Wildman–Crippen MR) is 83.2 cm³/mol. The molecule has 0 amide bonds. The molecule has 4 heteroatoms. The second-order valence-electron chi connectivity index (χ2n) is 5.50. The predicted octanol–water partition coefficient (Wildman–Crippen LogP) is 2.36. The molecule has 4 nitrogen and oxygen atoms in total. The normalized spacial score (nSPS) is 19.9. The van der Waals surface area contributed by atoms with Crippen LogP contribution in [0.1, 0.15) is 25.6 Å². The number of nitrogens with zero attached hydrogens (tertiary/aromatic N) is 2. The number of nitrogens with two attached hydrogens (primary N) is 1. The van der Waals surface area contributed by atoms with Crippen LogP contribution in [0, 0.1) is 5.92 Å². The number of allylic oxidation sites excluding steroid dienone is 1. The van der Waals surface area contributed by atoms with E-state index in [4.69, 9.17) is 10.7 Å². The fraction of sp³-hybridized carbons (Fsp3) is 0.438. The summed E-state index contributed by atoms with van der Waals surface area (Å²) in [5.74, 6) is 1.67. The molecule has 0 spiro atoms. The summed E-state index contributed by atoms with van der Waals surface area (Å²) < 4.78 is 2.32. The van der Waals surface area contributed by atoms with Crippen LogP contribution >= 0.6 is 0 Å².